The number of thioether (sulfide) groups is 1. The number of amides is 3. The van der Waals surface area contributed by atoms with Gasteiger partial charge in [0.1, 0.15) is 18.1 Å². The summed E-state index contributed by atoms with van der Waals surface area (Å²) in [7, 11) is 0. The third kappa shape index (κ3) is 10.8. The molecule has 3 amide bonds. The summed E-state index contributed by atoms with van der Waals surface area (Å²) in [5.74, 6) is -1.80. The van der Waals surface area contributed by atoms with E-state index in [0.29, 0.717) is 12.2 Å². The predicted molar refractivity (Wildman–Crippen MR) is 105 cm³/mol. The van der Waals surface area contributed by atoms with Gasteiger partial charge in [0.25, 0.3) is 0 Å². The van der Waals surface area contributed by atoms with Gasteiger partial charge >= 0.3 is 5.97 Å². The summed E-state index contributed by atoms with van der Waals surface area (Å²) in [6.07, 6.45) is 2.68. The van der Waals surface area contributed by atoms with E-state index in [0.717, 1.165) is 0 Å². The van der Waals surface area contributed by atoms with Crippen molar-refractivity contribution < 1.29 is 24.3 Å². The van der Waals surface area contributed by atoms with Crippen molar-refractivity contribution in [3.8, 4) is 0 Å². The number of rotatable bonds is 13. The Morgan fingerprint density at radius 2 is 1.63 bits per heavy atom. The minimum atomic E-state index is -1.12. The van der Waals surface area contributed by atoms with Crippen molar-refractivity contribution in [2.45, 2.75) is 58.2 Å². The standard InChI is InChI=1S/C17H32N4O5S/c1-10(2)9-13(17(25)26)21-15(23)11(3)19-16(24)12(6-8-27-4)20-14(22)5-7-18/h10-13H,5-9,18H2,1-4H3,(H,19,24)(H,20,22)(H,21,23)(H,25,26)/t11-,12-,13-/m0/s1. The lowest BCUT2D eigenvalue weighted by molar-refractivity contribution is -0.142. The molecule has 27 heavy (non-hydrogen) atoms. The third-order valence-electron chi connectivity index (χ3n) is 3.71. The van der Waals surface area contributed by atoms with Gasteiger partial charge in [0.15, 0.2) is 0 Å². The molecule has 0 aliphatic carbocycles. The summed E-state index contributed by atoms with van der Waals surface area (Å²) < 4.78 is 0. The minimum Gasteiger partial charge on any atom is -0.480 e. The largest absolute Gasteiger partial charge is 0.480 e. The Morgan fingerprint density at radius 1 is 1.00 bits per heavy atom. The average molecular weight is 405 g/mol. The summed E-state index contributed by atoms with van der Waals surface area (Å²) >= 11 is 1.53. The van der Waals surface area contributed by atoms with Crippen molar-refractivity contribution in [3.05, 3.63) is 0 Å². The highest BCUT2D eigenvalue weighted by Crippen LogP contribution is 2.06. The number of carbonyl (C=O) groups is 4. The first-order valence-corrected chi connectivity index (χ1v) is 10.3. The number of carboxylic acid groups (broad SMARTS) is 1. The van der Waals surface area contributed by atoms with Crippen LogP contribution in [0.1, 0.15) is 40.0 Å². The first-order valence-electron chi connectivity index (χ1n) is 8.94. The van der Waals surface area contributed by atoms with Gasteiger partial charge in [-0.3, -0.25) is 14.4 Å². The quantitative estimate of drug-likeness (QED) is 0.282. The van der Waals surface area contributed by atoms with E-state index in [4.69, 9.17) is 5.73 Å². The molecule has 0 saturated heterocycles. The Bertz CT molecular complexity index is 516. The van der Waals surface area contributed by atoms with Crippen LogP contribution in [-0.4, -0.2) is 65.5 Å². The van der Waals surface area contributed by atoms with E-state index in [1.807, 2.05) is 20.1 Å². The highest BCUT2D eigenvalue weighted by molar-refractivity contribution is 7.98. The summed E-state index contributed by atoms with van der Waals surface area (Å²) in [5.41, 5.74) is 5.34. The lowest BCUT2D eigenvalue weighted by atomic mass is 10.0. The molecule has 0 rings (SSSR count). The van der Waals surface area contributed by atoms with Gasteiger partial charge < -0.3 is 26.8 Å². The van der Waals surface area contributed by atoms with Crippen LogP contribution in [0.2, 0.25) is 0 Å². The first kappa shape index (κ1) is 25.2. The summed E-state index contributed by atoms with van der Waals surface area (Å²) in [4.78, 5) is 47.7. The Labute approximate surface area is 164 Å². The van der Waals surface area contributed by atoms with Crippen LogP contribution >= 0.6 is 11.8 Å². The zero-order valence-corrected chi connectivity index (χ0v) is 17.2. The molecule has 0 spiro atoms. The molecule has 156 valence electrons. The van der Waals surface area contributed by atoms with Gasteiger partial charge in [-0.15, -0.1) is 0 Å². The van der Waals surface area contributed by atoms with Crippen molar-refractivity contribution in [1.82, 2.24) is 16.0 Å². The fourth-order valence-electron chi connectivity index (χ4n) is 2.27. The van der Waals surface area contributed by atoms with Gasteiger partial charge in [-0.25, -0.2) is 4.79 Å². The second-order valence-corrected chi connectivity index (χ2v) is 7.69. The Hall–Kier alpha value is -1.81. The van der Waals surface area contributed by atoms with Crippen molar-refractivity contribution in [2.75, 3.05) is 18.6 Å². The van der Waals surface area contributed by atoms with Gasteiger partial charge in [0.2, 0.25) is 17.7 Å². The van der Waals surface area contributed by atoms with Crippen LogP contribution in [0.4, 0.5) is 0 Å². The molecule has 0 aromatic rings. The van der Waals surface area contributed by atoms with Gasteiger partial charge in [-0.05, 0) is 37.7 Å². The third-order valence-corrected chi connectivity index (χ3v) is 4.35. The number of nitrogens with one attached hydrogen (secondary N) is 3. The van der Waals surface area contributed by atoms with Crippen molar-refractivity contribution in [3.63, 3.8) is 0 Å². The highest BCUT2D eigenvalue weighted by Gasteiger charge is 2.27. The van der Waals surface area contributed by atoms with Crippen LogP contribution in [0.25, 0.3) is 0 Å². The van der Waals surface area contributed by atoms with Crippen LogP contribution in [0.5, 0.6) is 0 Å². The van der Waals surface area contributed by atoms with Gasteiger partial charge in [-0.2, -0.15) is 11.8 Å². The number of hydrogen-bond acceptors (Lipinski definition) is 6. The molecule has 0 aromatic heterocycles. The molecule has 0 radical (unpaired) electrons. The Morgan fingerprint density at radius 3 is 2.11 bits per heavy atom. The monoisotopic (exact) mass is 404 g/mol. The maximum Gasteiger partial charge on any atom is 0.326 e. The minimum absolute atomic E-state index is 0.0879. The molecule has 10 heteroatoms. The van der Waals surface area contributed by atoms with E-state index in [2.05, 4.69) is 16.0 Å². The molecular formula is C17H32N4O5S. The zero-order chi connectivity index (χ0) is 21.0. The molecule has 0 heterocycles. The Balaban J connectivity index is 4.85. The van der Waals surface area contributed by atoms with E-state index >= 15 is 0 Å². The molecule has 0 fully saturated rings. The number of aliphatic carboxylic acids is 1. The molecule has 0 bridgehead atoms. The number of carbonyl (C=O) groups excluding carboxylic acids is 3. The average Bonchev–Trinajstić information content (AvgIpc) is 2.57. The lowest BCUT2D eigenvalue weighted by Crippen LogP contribution is -2.55. The van der Waals surface area contributed by atoms with E-state index in [-0.39, 0.29) is 31.2 Å². The van der Waals surface area contributed by atoms with Crippen LogP contribution in [-0.2, 0) is 19.2 Å². The second-order valence-electron chi connectivity index (χ2n) is 6.70. The lowest BCUT2D eigenvalue weighted by Gasteiger charge is -2.23. The fraction of sp³-hybridized carbons (Fsp3) is 0.765. The smallest absolute Gasteiger partial charge is 0.326 e. The van der Waals surface area contributed by atoms with Crippen LogP contribution in [0.15, 0.2) is 0 Å². The van der Waals surface area contributed by atoms with Crippen molar-refractivity contribution in [1.29, 1.82) is 0 Å². The van der Waals surface area contributed by atoms with Crippen LogP contribution < -0.4 is 21.7 Å². The summed E-state index contributed by atoms with van der Waals surface area (Å²) in [5, 5.41) is 16.8. The van der Waals surface area contributed by atoms with E-state index in [1.165, 1.54) is 18.7 Å². The normalized spacial score (nSPS) is 14.1. The molecule has 0 aliphatic rings. The number of hydrogen-bond donors (Lipinski definition) is 5. The van der Waals surface area contributed by atoms with E-state index in [9.17, 15) is 24.3 Å². The van der Waals surface area contributed by atoms with Gasteiger partial charge in [0.05, 0.1) is 0 Å². The highest BCUT2D eigenvalue weighted by atomic mass is 32.2. The molecular weight excluding hydrogens is 372 g/mol. The number of nitrogens with two attached hydrogens (primary N) is 1. The summed E-state index contributed by atoms with van der Waals surface area (Å²) in [6, 6.07) is -2.74. The van der Waals surface area contributed by atoms with E-state index < -0.39 is 35.9 Å². The van der Waals surface area contributed by atoms with Crippen LogP contribution in [0.3, 0.4) is 0 Å². The molecule has 0 aliphatic heterocycles. The summed E-state index contributed by atoms with van der Waals surface area (Å²) in [6.45, 7) is 5.35. The van der Waals surface area contributed by atoms with Crippen molar-refractivity contribution >= 4 is 35.5 Å². The Kier molecular flexibility index (Phi) is 12.5. The van der Waals surface area contributed by atoms with Crippen molar-refractivity contribution in [2.24, 2.45) is 11.7 Å². The van der Waals surface area contributed by atoms with Gasteiger partial charge in [0, 0.05) is 13.0 Å². The molecule has 0 unspecified atom stereocenters. The SMILES string of the molecule is CSCC[C@H](NC(=O)CCN)C(=O)N[C@@H](C)C(=O)N[C@@H](CC(C)C)C(=O)O. The number of carboxylic acids is 1. The molecule has 0 aromatic carbocycles. The maximum absolute atomic E-state index is 12.4. The fourth-order valence-corrected chi connectivity index (χ4v) is 2.74. The first-order chi connectivity index (χ1) is 12.6. The van der Waals surface area contributed by atoms with E-state index in [1.54, 1.807) is 0 Å². The predicted octanol–water partition coefficient (Wildman–Crippen LogP) is -0.307. The molecule has 9 nitrogen and oxygen atoms in total. The topological polar surface area (TPSA) is 151 Å². The zero-order valence-electron chi connectivity index (χ0n) is 16.4. The molecule has 3 atom stereocenters. The van der Waals surface area contributed by atoms with Crippen LogP contribution in [0, 0.1) is 5.92 Å². The second kappa shape index (κ2) is 13.4. The molecule has 6 N–H and O–H groups in total. The maximum atomic E-state index is 12.4. The van der Waals surface area contributed by atoms with Gasteiger partial charge in [-0.1, -0.05) is 13.8 Å². The molecule has 0 saturated carbocycles.